The molecule has 1 nitrogen and oxygen atoms in total. The summed E-state index contributed by atoms with van der Waals surface area (Å²) < 4.78 is 1.28. The van der Waals surface area contributed by atoms with Crippen molar-refractivity contribution >= 4 is 15.9 Å². The average molecular weight is 238 g/mol. The monoisotopic (exact) mass is 237 g/mol. The molecule has 68 valence electrons. The van der Waals surface area contributed by atoms with Crippen LogP contribution in [0.3, 0.4) is 0 Å². The molecule has 1 aliphatic heterocycles. The molecule has 2 atom stereocenters. The molecule has 2 unspecified atom stereocenters. The molecule has 1 aromatic carbocycles. The number of benzene rings is 1. The van der Waals surface area contributed by atoms with Crippen molar-refractivity contribution in [3.05, 3.63) is 34.3 Å². The van der Waals surface area contributed by atoms with Gasteiger partial charge in [0, 0.05) is 16.4 Å². The molecule has 3 rings (SSSR count). The van der Waals surface area contributed by atoms with Gasteiger partial charge >= 0.3 is 0 Å². The summed E-state index contributed by atoms with van der Waals surface area (Å²) >= 11 is 3.64. The Kier molecular flexibility index (Phi) is 1.59. The van der Waals surface area contributed by atoms with Crippen LogP contribution in [-0.4, -0.2) is 13.1 Å². The van der Waals surface area contributed by atoms with Gasteiger partial charge in [0.2, 0.25) is 0 Å². The van der Waals surface area contributed by atoms with Crippen molar-refractivity contribution in [2.75, 3.05) is 13.1 Å². The Morgan fingerprint density at radius 2 is 2.23 bits per heavy atom. The summed E-state index contributed by atoms with van der Waals surface area (Å²) in [6, 6.07) is 8.64. The Morgan fingerprint density at radius 1 is 1.38 bits per heavy atom. The fourth-order valence-electron chi connectivity index (χ4n) is 2.62. The van der Waals surface area contributed by atoms with E-state index in [0.29, 0.717) is 5.41 Å². The Morgan fingerprint density at radius 3 is 2.85 bits per heavy atom. The average Bonchev–Trinajstić information content (AvgIpc) is 2.70. The van der Waals surface area contributed by atoms with Crippen LogP contribution in [-0.2, 0) is 5.41 Å². The topological polar surface area (TPSA) is 12.0 Å². The van der Waals surface area contributed by atoms with E-state index in [1.54, 1.807) is 0 Å². The molecule has 2 heteroatoms. The zero-order chi connectivity index (χ0) is 8.89. The summed E-state index contributed by atoms with van der Waals surface area (Å²) in [5, 5.41) is 3.47. The number of nitrogens with one attached hydrogen (secondary N) is 1. The fraction of sp³-hybridized carbons (Fsp3) is 0.455. The number of hydrogen-bond donors (Lipinski definition) is 1. The van der Waals surface area contributed by atoms with Gasteiger partial charge in [-0.1, -0.05) is 34.1 Å². The van der Waals surface area contributed by atoms with Gasteiger partial charge in [-0.3, -0.25) is 0 Å². The summed E-state index contributed by atoms with van der Waals surface area (Å²) in [4.78, 5) is 0. The van der Waals surface area contributed by atoms with Crippen molar-refractivity contribution in [3.8, 4) is 0 Å². The van der Waals surface area contributed by atoms with Gasteiger partial charge in [-0.05, 0) is 30.5 Å². The van der Waals surface area contributed by atoms with Crippen LogP contribution < -0.4 is 5.32 Å². The molecule has 2 aliphatic rings. The minimum atomic E-state index is 0.486. The van der Waals surface area contributed by atoms with E-state index in [1.807, 2.05) is 0 Å². The van der Waals surface area contributed by atoms with E-state index >= 15 is 0 Å². The van der Waals surface area contributed by atoms with Crippen molar-refractivity contribution in [3.63, 3.8) is 0 Å². The Hall–Kier alpha value is -0.340. The first-order valence-corrected chi connectivity index (χ1v) is 5.58. The van der Waals surface area contributed by atoms with Gasteiger partial charge in [0.15, 0.2) is 0 Å². The highest BCUT2D eigenvalue weighted by molar-refractivity contribution is 9.10. The van der Waals surface area contributed by atoms with E-state index in [4.69, 9.17) is 0 Å². The quantitative estimate of drug-likeness (QED) is 0.791. The third kappa shape index (κ3) is 1.02. The van der Waals surface area contributed by atoms with Crippen molar-refractivity contribution in [1.82, 2.24) is 5.32 Å². The molecule has 1 saturated carbocycles. The summed E-state index contributed by atoms with van der Waals surface area (Å²) in [7, 11) is 0. The van der Waals surface area contributed by atoms with Crippen LogP contribution in [0.15, 0.2) is 28.7 Å². The van der Waals surface area contributed by atoms with Gasteiger partial charge in [0.25, 0.3) is 0 Å². The number of hydrogen-bond acceptors (Lipinski definition) is 1. The van der Waals surface area contributed by atoms with E-state index in [-0.39, 0.29) is 0 Å². The van der Waals surface area contributed by atoms with Crippen LogP contribution in [0.1, 0.15) is 12.0 Å². The van der Waals surface area contributed by atoms with Crippen molar-refractivity contribution < 1.29 is 0 Å². The van der Waals surface area contributed by atoms with E-state index in [2.05, 4.69) is 45.5 Å². The largest absolute Gasteiger partial charge is 0.316 e. The van der Waals surface area contributed by atoms with Crippen LogP contribution in [0.25, 0.3) is 0 Å². The van der Waals surface area contributed by atoms with E-state index in [0.717, 1.165) is 5.92 Å². The molecule has 1 saturated heterocycles. The molecule has 13 heavy (non-hydrogen) atoms. The molecule has 1 N–H and O–H groups in total. The molecule has 0 spiro atoms. The summed E-state index contributed by atoms with van der Waals surface area (Å²) in [6.45, 7) is 2.38. The summed E-state index contributed by atoms with van der Waals surface area (Å²) in [5.74, 6) is 0.895. The third-order valence-corrected chi connectivity index (χ3v) is 4.16. The Labute approximate surface area is 86.7 Å². The predicted octanol–water partition coefficient (Wildman–Crippen LogP) is 2.31. The standard InChI is InChI=1S/C11H12BrN/c12-10-4-2-1-3-9(10)11-5-8(11)6-13-7-11/h1-4,8,13H,5-7H2. The fourth-order valence-corrected chi connectivity index (χ4v) is 3.30. The van der Waals surface area contributed by atoms with Crippen molar-refractivity contribution in [2.24, 2.45) is 5.92 Å². The lowest BCUT2D eigenvalue weighted by Crippen LogP contribution is -2.19. The first-order valence-electron chi connectivity index (χ1n) is 4.79. The molecular formula is C11H12BrN. The van der Waals surface area contributed by atoms with E-state index in [9.17, 15) is 0 Å². The van der Waals surface area contributed by atoms with Crippen LogP contribution in [0.2, 0.25) is 0 Å². The van der Waals surface area contributed by atoms with Crippen molar-refractivity contribution in [2.45, 2.75) is 11.8 Å². The first-order chi connectivity index (χ1) is 6.33. The highest BCUT2D eigenvalue weighted by atomic mass is 79.9. The molecule has 0 radical (unpaired) electrons. The van der Waals surface area contributed by atoms with E-state index in [1.165, 1.54) is 29.5 Å². The highest BCUT2D eigenvalue weighted by Gasteiger charge is 2.58. The first kappa shape index (κ1) is 8.01. The van der Waals surface area contributed by atoms with Crippen LogP contribution >= 0.6 is 15.9 Å². The van der Waals surface area contributed by atoms with Gasteiger partial charge in [0.1, 0.15) is 0 Å². The minimum absolute atomic E-state index is 0.486. The van der Waals surface area contributed by atoms with Gasteiger partial charge in [0.05, 0.1) is 0 Å². The molecule has 0 aromatic heterocycles. The number of rotatable bonds is 1. The highest BCUT2D eigenvalue weighted by Crippen LogP contribution is 2.57. The molecule has 0 bridgehead atoms. The molecular weight excluding hydrogens is 226 g/mol. The van der Waals surface area contributed by atoms with Crippen LogP contribution in [0, 0.1) is 5.92 Å². The second kappa shape index (κ2) is 2.58. The number of piperidine rings is 1. The Balaban J connectivity index is 2.06. The van der Waals surface area contributed by atoms with E-state index < -0.39 is 0 Å². The maximum Gasteiger partial charge on any atom is 0.0213 e. The smallest absolute Gasteiger partial charge is 0.0213 e. The third-order valence-electron chi connectivity index (χ3n) is 3.47. The lowest BCUT2D eigenvalue weighted by Gasteiger charge is -2.13. The zero-order valence-corrected chi connectivity index (χ0v) is 8.97. The maximum absolute atomic E-state index is 3.64. The zero-order valence-electron chi connectivity index (χ0n) is 7.39. The normalized spacial score (nSPS) is 35.9. The van der Waals surface area contributed by atoms with Gasteiger partial charge in [-0.2, -0.15) is 0 Å². The lowest BCUT2D eigenvalue weighted by molar-refractivity contribution is 0.673. The van der Waals surface area contributed by atoms with Crippen LogP contribution in [0.5, 0.6) is 0 Å². The Bertz CT molecular complexity index is 350. The molecule has 0 amide bonds. The SMILES string of the molecule is Brc1ccccc1C12CNCC1C2. The number of halogens is 1. The minimum Gasteiger partial charge on any atom is -0.316 e. The lowest BCUT2D eigenvalue weighted by atomic mass is 9.95. The maximum atomic E-state index is 3.64. The van der Waals surface area contributed by atoms with Gasteiger partial charge in [-0.15, -0.1) is 0 Å². The summed E-state index contributed by atoms with van der Waals surface area (Å²) in [6.07, 6.45) is 1.38. The molecule has 2 fully saturated rings. The van der Waals surface area contributed by atoms with Crippen LogP contribution in [0.4, 0.5) is 0 Å². The molecule has 1 aromatic rings. The number of fused-ring (bicyclic) bond motifs is 1. The predicted molar refractivity (Wildman–Crippen MR) is 56.8 cm³/mol. The molecule has 1 heterocycles. The van der Waals surface area contributed by atoms with Crippen molar-refractivity contribution in [1.29, 1.82) is 0 Å². The summed E-state index contributed by atoms with van der Waals surface area (Å²) in [5.41, 5.74) is 1.99. The van der Waals surface area contributed by atoms with Gasteiger partial charge in [-0.25, -0.2) is 0 Å². The van der Waals surface area contributed by atoms with Gasteiger partial charge < -0.3 is 5.32 Å². The second-order valence-corrected chi connectivity index (χ2v) is 5.02. The molecule has 1 aliphatic carbocycles. The second-order valence-electron chi connectivity index (χ2n) is 4.17.